The molecule has 3 N–H and O–H groups in total. The van der Waals surface area contributed by atoms with Gasteiger partial charge in [-0.15, -0.1) is 0 Å². The Morgan fingerprint density at radius 3 is 2.28 bits per heavy atom. The number of sulfonamides is 1. The first-order valence-electron chi connectivity index (χ1n) is 9.33. The Morgan fingerprint density at radius 1 is 0.844 bits per heavy atom. The summed E-state index contributed by atoms with van der Waals surface area (Å²) in [7, 11) is -3.95. The summed E-state index contributed by atoms with van der Waals surface area (Å²) in [6, 6.07) is 15.2. The molecule has 0 radical (unpaired) electrons. The predicted molar refractivity (Wildman–Crippen MR) is 127 cm³/mol. The van der Waals surface area contributed by atoms with Gasteiger partial charge in [-0.3, -0.25) is 14.3 Å². The zero-order valence-corrected chi connectivity index (χ0v) is 19.4. The molecule has 0 atom stereocenters. The summed E-state index contributed by atoms with van der Waals surface area (Å²) < 4.78 is 27.8. The molecule has 3 aromatic carbocycles. The first-order valence-corrected chi connectivity index (χ1v) is 11.6. The summed E-state index contributed by atoms with van der Waals surface area (Å²) in [5.74, 6) is -0.749. The molecule has 3 aromatic rings. The normalized spacial score (nSPS) is 11.0. The second kappa shape index (κ2) is 9.60. The molecule has 0 fully saturated rings. The third-order valence-electron chi connectivity index (χ3n) is 4.31. The van der Waals surface area contributed by atoms with E-state index >= 15 is 0 Å². The number of hydrogen-bond donors (Lipinski definition) is 3. The maximum atomic E-state index is 12.8. The number of carbonyl (C=O) groups excluding carboxylic acids is 2. The summed E-state index contributed by atoms with van der Waals surface area (Å²) in [5, 5.41) is 5.75. The van der Waals surface area contributed by atoms with Crippen LogP contribution >= 0.6 is 23.2 Å². The highest BCUT2D eigenvalue weighted by Crippen LogP contribution is 2.27. The third-order valence-corrected chi connectivity index (χ3v) is 6.43. The van der Waals surface area contributed by atoms with Gasteiger partial charge in [-0.2, -0.15) is 0 Å². The molecule has 0 aliphatic rings. The lowest BCUT2D eigenvalue weighted by molar-refractivity contribution is -0.114. The molecule has 0 saturated heterocycles. The van der Waals surface area contributed by atoms with Crippen molar-refractivity contribution in [1.82, 2.24) is 0 Å². The minimum absolute atomic E-state index is 0.0681. The molecule has 0 spiro atoms. The van der Waals surface area contributed by atoms with Gasteiger partial charge in [0.1, 0.15) is 0 Å². The summed E-state index contributed by atoms with van der Waals surface area (Å²) >= 11 is 11.8. The molecule has 10 heteroatoms. The minimum atomic E-state index is -3.95. The van der Waals surface area contributed by atoms with Crippen LogP contribution in [0.1, 0.15) is 22.8 Å². The fraction of sp³-hybridized carbons (Fsp3) is 0.0909. The van der Waals surface area contributed by atoms with Gasteiger partial charge in [0.2, 0.25) is 5.91 Å². The molecule has 7 nitrogen and oxygen atoms in total. The van der Waals surface area contributed by atoms with Crippen LogP contribution in [0.15, 0.2) is 65.6 Å². The summed E-state index contributed by atoms with van der Waals surface area (Å²) in [4.78, 5) is 24.2. The van der Waals surface area contributed by atoms with Crippen molar-refractivity contribution in [3.8, 4) is 0 Å². The highest BCUT2D eigenvalue weighted by atomic mass is 35.5. The van der Waals surface area contributed by atoms with E-state index in [1.54, 1.807) is 30.3 Å². The van der Waals surface area contributed by atoms with Crippen molar-refractivity contribution in [2.24, 2.45) is 0 Å². The summed E-state index contributed by atoms with van der Waals surface area (Å²) in [5.41, 5.74) is 2.17. The van der Waals surface area contributed by atoms with Gasteiger partial charge in [-0.25, -0.2) is 8.42 Å². The molecule has 32 heavy (non-hydrogen) atoms. The van der Waals surface area contributed by atoms with Crippen molar-refractivity contribution < 1.29 is 18.0 Å². The topological polar surface area (TPSA) is 104 Å². The zero-order valence-electron chi connectivity index (χ0n) is 17.1. The molecule has 166 valence electrons. The Hall–Kier alpha value is -3.07. The number of nitrogens with one attached hydrogen (secondary N) is 3. The Kier molecular flexibility index (Phi) is 7.08. The van der Waals surface area contributed by atoms with Crippen molar-refractivity contribution in [3.63, 3.8) is 0 Å². The quantitative estimate of drug-likeness (QED) is 0.434. The number of rotatable bonds is 6. The van der Waals surface area contributed by atoms with E-state index in [9.17, 15) is 18.0 Å². The Balaban J connectivity index is 1.83. The van der Waals surface area contributed by atoms with E-state index in [4.69, 9.17) is 23.2 Å². The smallest absolute Gasteiger partial charge is 0.261 e. The fourth-order valence-electron chi connectivity index (χ4n) is 2.84. The van der Waals surface area contributed by atoms with Gasteiger partial charge in [0.05, 0.1) is 26.3 Å². The van der Waals surface area contributed by atoms with E-state index < -0.39 is 15.9 Å². The van der Waals surface area contributed by atoms with Crippen LogP contribution in [0.5, 0.6) is 0 Å². The van der Waals surface area contributed by atoms with Crippen LogP contribution < -0.4 is 15.4 Å². The number of amides is 2. The molecule has 0 aromatic heterocycles. The molecule has 0 bridgehead atoms. The van der Waals surface area contributed by atoms with Gasteiger partial charge in [-0.1, -0.05) is 35.3 Å². The summed E-state index contributed by atoms with van der Waals surface area (Å²) in [6.07, 6.45) is 0. The van der Waals surface area contributed by atoms with E-state index in [0.717, 1.165) is 5.56 Å². The van der Waals surface area contributed by atoms with Gasteiger partial charge >= 0.3 is 0 Å². The van der Waals surface area contributed by atoms with Crippen LogP contribution in [-0.2, 0) is 14.8 Å². The molecule has 0 heterocycles. The largest absolute Gasteiger partial charge is 0.325 e. The predicted octanol–water partition coefficient (Wildman–Crippen LogP) is 5.31. The highest BCUT2D eigenvalue weighted by Gasteiger charge is 2.17. The van der Waals surface area contributed by atoms with Gasteiger partial charge in [-0.05, 0) is 61.0 Å². The molecule has 0 unspecified atom stereocenters. The van der Waals surface area contributed by atoms with Crippen LogP contribution in [0.2, 0.25) is 10.0 Å². The molecule has 0 saturated carbocycles. The number of halogens is 2. The van der Waals surface area contributed by atoms with Gasteiger partial charge in [0.25, 0.3) is 15.9 Å². The molecule has 3 rings (SSSR count). The van der Waals surface area contributed by atoms with Crippen molar-refractivity contribution in [2.45, 2.75) is 18.7 Å². The number of hydrogen-bond acceptors (Lipinski definition) is 4. The fourth-order valence-corrected chi connectivity index (χ4v) is 4.27. The van der Waals surface area contributed by atoms with Gasteiger partial charge in [0, 0.05) is 18.2 Å². The highest BCUT2D eigenvalue weighted by molar-refractivity contribution is 7.92. The third kappa shape index (κ3) is 5.79. The van der Waals surface area contributed by atoms with Crippen LogP contribution in [0.4, 0.5) is 17.1 Å². The number of benzene rings is 3. The summed E-state index contributed by atoms with van der Waals surface area (Å²) in [6.45, 7) is 3.22. The molecular weight excluding hydrogens is 473 g/mol. The van der Waals surface area contributed by atoms with E-state index in [1.807, 2.05) is 6.92 Å². The maximum absolute atomic E-state index is 12.8. The van der Waals surface area contributed by atoms with Crippen LogP contribution in [0.25, 0.3) is 0 Å². The van der Waals surface area contributed by atoms with Crippen LogP contribution in [0, 0.1) is 6.92 Å². The number of aryl methyl sites for hydroxylation is 1. The van der Waals surface area contributed by atoms with E-state index in [2.05, 4.69) is 15.4 Å². The average molecular weight is 492 g/mol. The number of anilines is 3. The molecule has 0 aliphatic carbocycles. The maximum Gasteiger partial charge on any atom is 0.261 e. The first kappa shape index (κ1) is 23.6. The lowest BCUT2D eigenvalue weighted by Crippen LogP contribution is -2.16. The number of carbonyl (C=O) groups is 2. The Bertz CT molecular complexity index is 1310. The SMILES string of the molecule is CC(=O)Nc1ccc(C)cc1NC(=O)c1cccc(NS(=O)(=O)c2ccc(Cl)c(Cl)c2)c1. The van der Waals surface area contributed by atoms with Crippen LogP contribution in [-0.4, -0.2) is 20.2 Å². The van der Waals surface area contributed by atoms with Crippen LogP contribution in [0.3, 0.4) is 0 Å². The zero-order chi connectivity index (χ0) is 23.5. The van der Waals surface area contributed by atoms with Gasteiger partial charge in [0.15, 0.2) is 0 Å². The van der Waals surface area contributed by atoms with Crippen molar-refractivity contribution in [3.05, 3.63) is 81.8 Å². The second-order valence-electron chi connectivity index (χ2n) is 6.95. The first-order chi connectivity index (χ1) is 15.0. The molecule has 2 amide bonds. The second-order valence-corrected chi connectivity index (χ2v) is 9.44. The van der Waals surface area contributed by atoms with Crippen molar-refractivity contribution >= 4 is 62.1 Å². The Morgan fingerprint density at radius 2 is 1.59 bits per heavy atom. The lowest BCUT2D eigenvalue weighted by Gasteiger charge is -2.13. The van der Waals surface area contributed by atoms with E-state index in [-0.39, 0.29) is 32.1 Å². The van der Waals surface area contributed by atoms with E-state index in [0.29, 0.717) is 11.4 Å². The average Bonchev–Trinajstić information content (AvgIpc) is 2.71. The molecule has 0 aliphatic heterocycles. The lowest BCUT2D eigenvalue weighted by atomic mass is 10.1. The van der Waals surface area contributed by atoms with Gasteiger partial charge < -0.3 is 10.6 Å². The van der Waals surface area contributed by atoms with Crippen molar-refractivity contribution in [1.29, 1.82) is 0 Å². The molecular formula is C22H19Cl2N3O4S. The van der Waals surface area contributed by atoms with Crippen molar-refractivity contribution in [2.75, 3.05) is 15.4 Å². The standard InChI is InChI=1S/C22H19Cl2N3O4S/c1-13-6-9-20(25-14(2)28)21(10-13)26-22(29)15-4-3-5-16(11-15)27-32(30,31)17-7-8-18(23)19(24)12-17/h3-12,27H,1-2H3,(H,25,28)(H,26,29). The monoisotopic (exact) mass is 491 g/mol. The Labute approximate surface area is 195 Å². The van der Waals surface area contributed by atoms with E-state index in [1.165, 1.54) is 37.3 Å². The minimum Gasteiger partial charge on any atom is -0.325 e.